The zero-order valence-corrected chi connectivity index (χ0v) is 9.49. The second-order valence-corrected chi connectivity index (χ2v) is 3.40. The maximum Gasteiger partial charge on any atom is 0.335 e. The number of aromatic hydroxyl groups is 1. The largest absolute Gasteiger partial charge is 0.493 e. The highest BCUT2D eigenvalue weighted by Crippen LogP contribution is 2.17. The van der Waals surface area contributed by atoms with Crippen LogP contribution >= 0.6 is 0 Å². The van der Waals surface area contributed by atoms with Crippen molar-refractivity contribution in [2.24, 2.45) is 10.2 Å². The maximum atomic E-state index is 12.0. The van der Waals surface area contributed by atoms with Gasteiger partial charge in [0.1, 0.15) is 0 Å². The Kier molecular flexibility index (Phi) is 3.05. The van der Waals surface area contributed by atoms with Crippen LogP contribution in [0.25, 0.3) is 5.69 Å². The van der Waals surface area contributed by atoms with E-state index in [2.05, 4.69) is 15.2 Å². The number of azo groups is 1. The minimum Gasteiger partial charge on any atom is -0.493 e. The van der Waals surface area contributed by atoms with Crippen LogP contribution in [0.4, 0.5) is 5.69 Å². The van der Waals surface area contributed by atoms with E-state index in [4.69, 9.17) is 0 Å². The molecule has 2 aromatic rings. The van der Waals surface area contributed by atoms with Gasteiger partial charge in [0.25, 0.3) is 5.56 Å². The molecule has 92 valence electrons. The highest BCUT2D eigenvalue weighted by Gasteiger charge is 2.14. The summed E-state index contributed by atoms with van der Waals surface area (Å²) in [5, 5.41) is 16.4. The summed E-state index contributed by atoms with van der Waals surface area (Å²) >= 11 is 0. The molecule has 0 spiro atoms. The molecule has 0 saturated heterocycles. The lowest BCUT2D eigenvalue weighted by atomic mass is 10.3. The average molecular weight is 246 g/mol. The summed E-state index contributed by atoms with van der Waals surface area (Å²) in [6.07, 6.45) is 0. The van der Waals surface area contributed by atoms with Gasteiger partial charge in [-0.1, -0.05) is 18.2 Å². The van der Waals surface area contributed by atoms with Crippen LogP contribution in [0.5, 0.6) is 5.88 Å². The van der Waals surface area contributed by atoms with Crippen molar-refractivity contribution in [2.45, 2.75) is 0 Å². The lowest BCUT2D eigenvalue weighted by molar-refractivity contribution is 0.447. The Morgan fingerprint density at radius 2 is 1.89 bits per heavy atom. The van der Waals surface area contributed by atoms with E-state index in [0.29, 0.717) is 5.69 Å². The van der Waals surface area contributed by atoms with Crippen molar-refractivity contribution in [1.82, 2.24) is 9.55 Å². The molecule has 0 fully saturated rings. The van der Waals surface area contributed by atoms with Crippen LogP contribution < -0.4 is 11.2 Å². The second-order valence-electron chi connectivity index (χ2n) is 3.40. The number of hydrogen-bond donors (Lipinski definition) is 2. The Balaban J connectivity index is 2.81. The van der Waals surface area contributed by atoms with Gasteiger partial charge in [-0.2, -0.15) is 5.11 Å². The van der Waals surface area contributed by atoms with Crippen molar-refractivity contribution in [1.29, 1.82) is 0 Å². The standard InChI is InChI=1S/C11H10N4O3/c1-12-14-8-9(16)13-11(18)15(10(8)17)7-5-3-2-4-6-7/h2-6,16H,1H3,(H,13,18)/b14-12+. The van der Waals surface area contributed by atoms with Crippen LogP contribution in [0, 0.1) is 0 Å². The SMILES string of the molecule is C/N=N/c1c(O)[nH]c(=O)n(-c2ccccc2)c1=O. The minimum atomic E-state index is -0.737. The van der Waals surface area contributed by atoms with Gasteiger partial charge in [0.2, 0.25) is 11.6 Å². The van der Waals surface area contributed by atoms with E-state index in [9.17, 15) is 14.7 Å². The Morgan fingerprint density at radius 3 is 2.50 bits per heavy atom. The molecule has 0 aliphatic heterocycles. The number of hydrogen-bond acceptors (Lipinski definition) is 5. The summed E-state index contributed by atoms with van der Waals surface area (Å²) in [7, 11) is 1.36. The molecular weight excluding hydrogens is 236 g/mol. The number of para-hydroxylation sites is 1. The predicted octanol–water partition coefficient (Wildman–Crippen LogP) is 0.945. The smallest absolute Gasteiger partial charge is 0.335 e. The van der Waals surface area contributed by atoms with Crippen LogP contribution in [0.2, 0.25) is 0 Å². The summed E-state index contributed by atoms with van der Waals surface area (Å²) in [4.78, 5) is 25.9. The first-order chi connectivity index (χ1) is 8.65. The first-order valence-corrected chi connectivity index (χ1v) is 5.08. The Bertz CT molecular complexity index is 700. The van der Waals surface area contributed by atoms with Crippen molar-refractivity contribution in [2.75, 3.05) is 7.05 Å². The zero-order chi connectivity index (χ0) is 13.1. The molecule has 7 heteroatoms. The summed E-state index contributed by atoms with van der Waals surface area (Å²) in [5.74, 6) is -0.595. The second kappa shape index (κ2) is 4.66. The zero-order valence-electron chi connectivity index (χ0n) is 9.49. The van der Waals surface area contributed by atoms with Gasteiger partial charge in [-0.25, -0.2) is 9.36 Å². The number of nitrogens with one attached hydrogen (secondary N) is 1. The molecule has 0 radical (unpaired) electrons. The van der Waals surface area contributed by atoms with E-state index >= 15 is 0 Å². The normalized spacial score (nSPS) is 10.9. The van der Waals surface area contributed by atoms with E-state index in [1.54, 1.807) is 30.3 Å². The number of benzene rings is 1. The Labute approximate surface area is 101 Å². The molecule has 2 rings (SSSR count). The summed E-state index contributed by atoms with van der Waals surface area (Å²) in [5.41, 5.74) is -1.39. The molecule has 0 amide bonds. The first kappa shape index (κ1) is 11.8. The van der Waals surface area contributed by atoms with Crippen molar-refractivity contribution in [3.8, 4) is 11.6 Å². The van der Waals surface area contributed by atoms with Gasteiger partial charge in [-0.3, -0.25) is 9.78 Å². The van der Waals surface area contributed by atoms with E-state index in [1.807, 2.05) is 0 Å². The molecule has 18 heavy (non-hydrogen) atoms. The molecule has 1 aromatic heterocycles. The van der Waals surface area contributed by atoms with Crippen LogP contribution in [0.15, 0.2) is 50.1 Å². The fourth-order valence-corrected chi connectivity index (χ4v) is 1.52. The van der Waals surface area contributed by atoms with Gasteiger partial charge >= 0.3 is 5.69 Å². The van der Waals surface area contributed by atoms with Crippen molar-refractivity contribution >= 4 is 5.69 Å². The number of aromatic amines is 1. The molecule has 0 aliphatic rings. The molecule has 1 heterocycles. The van der Waals surface area contributed by atoms with Gasteiger partial charge in [0, 0.05) is 7.05 Å². The third-order valence-electron chi connectivity index (χ3n) is 2.27. The third kappa shape index (κ3) is 1.93. The quantitative estimate of drug-likeness (QED) is 0.771. The summed E-state index contributed by atoms with van der Waals surface area (Å²) in [6.45, 7) is 0. The number of H-pyrrole nitrogens is 1. The predicted molar refractivity (Wildman–Crippen MR) is 64.8 cm³/mol. The molecule has 7 nitrogen and oxygen atoms in total. The van der Waals surface area contributed by atoms with E-state index in [-0.39, 0.29) is 5.69 Å². The van der Waals surface area contributed by atoms with Gasteiger partial charge in [0.05, 0.1) is 5.69 Å². The molecule has 0 unspecified atom stereocenters. The van der Waals surface area contributed by atoms with Crippen LogP contribution in [0.3, 0.4) is 0 Å². The fourth-order valence-electron chi connectivity index (χ4n) is 1.52. The van der Waals surface area contributed by atoms with Gasteiger partial charge in [0.15, 0.2) is 0 Å². The van der Waals surface area contributed by atoms with E-state index < -0.39 is 17.1 Å². The molecule has 0 atom stereocenters. The molecule has 0 bridgehead atoms. The van der Waals surface area contributed by atoms with Crippen molar-refractivity contribution in [3.05, 3.63) is 51.2 Å². The number of rotatable bonds is 2. The lowest BCUT2D eigenvalue weighted by Gasteiger charge is -2.05. The first-order valence-electron chi connectivity index (χ1n) is 5.08. The average Bonchev–Trinajstić information content (AvgIpc) is 2.35. The van der Waals surface area contributed by atoms with E-state index in [1.165, 1.54) is 7.05 Å². The monoisotopic (exact) mass is 246 g/mol. The highest BCUT2D eigenvalue weighted by atomic mass is 16.3. The van der Waals surface area contributed by atoms with E-state index in [0.717, 1.165) is 4.57 Å². The Morgan fingerprint density at radius 1 is 1.22 bits per heavy atom. The van der Waals surface area contributed by atoms with Crippen molar-refractivity contribution < 1.29 is 5.11 Å². The minimum absolute atomic E-state index is 0.305. The van der Waals surface area contributed by atoms with Crippen LogP contribution in [-0.4, -0.2) is 21.7 Å². The third-order valence-corrected chi connectivity index (χ3v) is 2.27. The lowest BCUT2D eigenvalue weighted by Crippen LogP contribution is -2.33. The van der Waals surface area contributed by atoms with Gasteiger partial charge < -0.3 is 5.11 Å². The Hall–Kier alpha value is -2.70. The topological polar surface area (TPSA) is 99.8 Å². The maximum absolute atomic E-state index is 12.0. The fraction of sp³-hybridized carbons (Fsp3) is 0.0909. The molecule has 0 saturated carbocycles. The van der Waals surface area contributed by atoms with Crippen LogP contribution in [-0.2, 0) is 0 Å². The van der Waals surface area contributed by atoms with Crippen molar-refractivity contribution in [3.63, 3.8) is 0 Å². The highest BCUT2D eigenvalue weighted by molar-refractivity contribution is 5.45. The van der Waals surface area contributed by atoms with Gasteiger partial charge in [-0.05, 0) is 12.1 Å². The van der Waals surface area contributed by atoms with Crippen LogP contribution in [0.1, 0.15) is 0 Å². The molecular formula is C11H10N4O3. The molecule has 0 aliphatic carbocycles. The number of aromatic nitrogens is 2. The summed E-state index contributed by atoms with van der Waals surface area (Å²) < 4.78 is 0.879. The molecule has 2 N–H and O–H groups in total. The van der Waals surface area contributed by atoms with Gasteiger partial charge in [-0.15, -0.1) is 5.11 Å². The summed E-state index contributed by atoms with van der Waals surface area (Å²) in [6, 6.07) is 8.33. The number of nitrogens with zero attached hydrogens (tertiary/aromatic N) is 3. The molecule has 1 aromatic carbocycles.